The summed E-state index contributed by atoms with van der Waals surface area (Å²) in [5, 5.41) is 10.2. The van der Waals surface area contributed by atoms with E-state index in [1.165, 1.54) is 0 Å². The van der Waals surface area contributed by atoms with Crippen LogP contribution in [0.4, 0.5) is 5.69 Å². The first kappa shape index (κ1) is 19.8. The fraction of sp³-hybridized carbons (Fsp3) is 0.125. The number of anilines is 1. The lowest BCUT2D eigenvalue weighted by Gasteiger charge is -2.12. The van der Waals surface area contributed by atoms with Gasteiger partial charge in [-0.25, -0.2) is 0 Å². The number of hydrogen-bond acceptors (Lipinski definition) is 3. The first-order chi connectivity index (χ1) is 14.6. The Labute approximate surface area is 180 Å². The van der Waals surface area contributed by atoms with Crippen molar-refractivity contribution in [3.8, 4) is 22.5 Å². The molecular formula is C24H22N4OS. The van der Waals surface area contributed by atoms with E-state index in [-0.39, 0.29) is 12.3 Å². The van der Waals surface area contributed by atoms with Crippen LogP contribution in [0, 0.1) is 11.7 Å². The van der Waals surface area contributed by atoms with Crippen LogP contribution in [-0.4, -0.2) is 20.7 Å². The molecule has 0 spiro atoms. The summed E-state index contributed by atoms with van der Waals surface area (Å²) in [4.78, 5) is 12.7. The number of rotatable bonds is 6. The summed E-state index contributed by atoms with van der Waals surface area (Å²) in [7, 11) is 0. The van der Waals surface area contributed by atoms with E-state index in [2.05, 4.69) is 21.6 Å². The van der Waals surface area contributed by atoms with Gasteiger partial charge in [0.1, 0.15) is 0 Å². The molecule has 0 bridgehead atoms. The lowest BCUT2D eigenvalue weighted by atomic mass is 10.0. The monoisotopic (exact) mass is 414 g/mol. The summed E-state index contributed by atoms with van der Waals surface area (Å²) in [5.74, 6) is 0.665. The number of H-pyrrole nitrogens is 1. The molecule has 1 aromatic heterocycles. The summed E-state index contributed by atoms with van der Waals surface area (Å²) < 4.78 is 2.37. The van der Waals surface area contributed by atoms with Gasteiger partial charge in [0.05, 0.1) is 0 Å². The SMILES string of the molecule is Cc1cccc(-c2n[nH]c(=S)n2CCC(=O)Nc2ccccc2-c2ccccc2)c1. The quantitative estimate of drug-likeness (QED) is 0.403. The number of nitrogens with zero attached hydrogens (tertiary/aromatic N) is 2. The van der Waals surface area contributed by atoms with Crippen molar-refractivity contribution in [2.24, 2.45) is 0 Å². The minimum absolute atomic E-state index is 0.0725. The van der Waals surface area contributed by atoms with Gasteiger partial charge in [-0.05, 0) is 36.8 Å². The van der Waals surface area contributed by atoms with Crippen molar-refractivity contribution in [2.75, 3.05) is 5.32 Å². The number of aromatic amines is 1. The third-order valence-electron chi connectivity index (χ3n) is 4.88. The number of aryl methyl sites for hydroxylation is 1. The van der Waals surface area contributed by atoms with Crippen LogP contribution in [-0.2, 0) is 11.3 Å². The Morgan fingerprint density at radius 3 is 2.53 bits per heavy atom. The minimum atomic E-state index is -0.0725. The lowest BCUT2D eigenvalue weighted by molar-refractivity contribution is -0.116. The average Bonchev–Trinajstić information content (AvgIpc) is 3.14. The van der Waals surface area contributed by atoms with Crippen molar-refractivity contribution in [1.29, 1.82) is 0 Å². The normalized spacial score (nSPS) is 10.7. The molecule has 1 amide bonds. The second kappa shape index (κ2) is 8.88. The zero-order valence-corrected chi connectivity index (χ0v) is 17.4. The van der Waals surface area contributed by atoms with Gasteiger partial charge >= 0.3 is 0 Å². The first-order valence-corrected chi connectivity index (χ1v) is 10.2. The Hall–Kier alpha value is -3.51. The molecule has 0 saturated heterocycles. The molecule has 4 rings (SSSR count). The van der Waals surface area contributed by atoms with Gasteiger partial charge in [-0.3, -0.25) is 14.5 Å². The molecule has 1 heterocycles. The molecule has 2 N–H and O–H groups in total. The lowest BCUT2D eigenvalue weighted by Crippen LogP contribution is -2.15. The molecule has 150 valence electrons. The number of amides is 1. The Balaban J connectivity index is 1.50. The molecule has 0 aliphatic rings. The van der Waals surface area contributed by atoms with Crippen LogP contribution in [0.3, 0.4) is 0 Å². The van der Waals surface area contributed by atoms with Crippen molar-refractivity contribution in [2.45, 2.75) is 19.9 Å². The van der Waals surface area contributed by atoms with Crippen molar-refractivity contribution in [3.05, 3.63) is 89.2 Å². The third-order valence-corrected chi connectivity index (χ3v) is 5.19. The summed E-state index contributed by atoms with van der Waals surface area (Å²) in [6.07, 6.45) is 0.287. The number of carbonyl (C=O) groups is 1. The maximum Gasteiger partial charge on any atom is 0.226 e. The van der Waals surface area contributed by atoms with E-state index in [1.807, 2.05) is 84.3 Å². The third kappa shape index (κ3) is 4.39. The second-order valence-corrected chi connectivity index (χ2v) is 7.47. The van der Waals surface area contributed by atoms with Gasteiger partial charge < -0.3 is 5.32 Å². The average molecular weight is 415 g/mol. The van der Waals surface area contributed by atoms with Crippen LogP contribution in [0.15, 0.2) is 78.9 Å². The highest BCUT2D eigenvalue weighted by molar-refractivity contribution is 7.71. The first-order valence-electron chi connectivity index (χ1n) is 9.78. The van der Waals surface area contributed by atoms with Crippen LogP contribution in [0.25, 0.3) is 22.5 Å². The van der Waals surface area contributed by atoms with Gasteiger partial charge in [0.15, 0.2) is 10.6 Å². The number of hydrogen-bond donors (Lipinski definition) is 2. The number of para-hydroxylation sites is 1. The molecule has 0 aliphatic carbocycles. The summed E-state index contributed by atoms with van der Waals surface area (Å²) >= 11 is 5.39. The van der Waals surface area contributed by atoms with Crippen LogP contribution in [0.2, 0.25) is 0 Å². The fourth-order valence-corrected chi connectivity index (χ4v) is 3.64. The zero-order chi connectivity index (χ0) is 20.9. The molecule has 0 saturated carbocycles. The molecule has 30 heavy (non-hydrogen) atoms. The van der Waals surface area contributed by atoms with Crippen LogP contribution in [0.5, 0.6) is 0 Å². The Kier molecular flexibility index (Phi) is 5.86. The molecule has 5 nitrogen and oxygen atoms in total. The topological polar surface area (TPSA) is 62.7 Å². The van der Waals surface area contributed by atoms with Crippen LogP contribution < -0.4 is 5.32 Å². The number of benzene rings is 3. The molecule has 0 fully saturated rings. The molecular weight excluding hydrogens is 392 g/mol. The predicted octanol–water partition coefficient (Wildman–Crippen LogP) is 5.61. The van der Waals surface area contributed by atoms with Crippen LogP contribution in [0.1, 0.15) is 12.0 Å². The van der Waals surface area contributed by atoms with E-state index in [0.29, 0.717) is 11.3 Å². The molecule has 0 unspecified atom stereocenters. The van der Waals surface area contributed by atoms with Crippen molar-refractivity contribution < 1.29 is 4.79 Å². The molecule has 0 radical (unpaired) electrons. The highest BCUT2D eigenvalue weighted by Gasteiger charge is 2.12. The minimum Gasteiger partial charge on any atom is -0.325 e. The van der Waals surface area contributed by atoms with E-state index in [1.54, 1.807) is 0 Å². The predicted molar refractivity (Wildman–Crippen MR) is 123 cm³/mol. The number of carbonyl (C=O) groups excluding carboxylic acids is 1. The van der Waals surface area contributed by atoms with Gasteiger partial charge in [0.25, 0.3) is 0 Å². The molecule has 4 aromatic rings. The highest BCUT2D eigenvalue weighted by Crippen LogP contribution is 2.27. The molecule has 0 aliphatic heterocycles. The smallest absolute Gasteiger partial charge is 0.226 e. The zero-order valence-electron chi connectivity index (χ0n) is 16.6. The highest BCUT2D eigenvalue weighted by atomic mass is 32.1. The Morgan fingerprint density at radius 2 is 1.73 bits per heavy atom. The van der Waals surface area contributed by atoms with Gasteiger partial charge in [-0.2, -0.15) is 5.10 Å². The maximum atomic E-state index is 12.7. The van der Waals surface area contributed by atoms with Crippen molar-refractivity contribution in [1.82, 2.24) is 14.8 Å². The van der Waals surface area contributed by atoms with E-state index >= 15 is 0 Å². The van der Waals surface area contributed by atoms with Crippen LogP contribution >= 0.6 is 12.2 Å². The fourth-order valence-electron chi connectivity index (χ4n) is 3.42. The van der Waals surface area contributed by atoms with Gasteiger partial charge in [-0.1, -0.05) is 72.3 Å². The Morgan fingerprint density at radius 1 is 1.00 bits per heavy atom. The van der Waals surface area contributed by atoms with Crippen molar-refractivity contribution in [3.63, 3.8) is 0 Å². The molecule has 0 atom stereocenters. The second-order valence-electron chi connectivity index (χ2n) is 7.08. The van der Waals surface area contributed by atoms with E-state index in [4.69, 9.17) is 12.2 Å². The van der Waals surface area contributed by atoms with E-state index < -0.39 is 0 Å². The van der Waals surface area contributed by atoms with Gasteiger partial charge in [0.2, 0.25) is 5.91 Å². The maximum absolute atomic E-state index is 12.7. The van der Waals surface area contributed by atoms with Gasteiger partial charge in [-0.15, -0.1) is 0 Å². The summed E-state index contributed by atoms with van der Waals surface area (Å²) in [6, 6.07) is 25.9. The summed E-state index contributed by atoms with van der Waals surface area (Å²) in [6.45, 7) is 2.48. The Bertz CT molecular complexity index is 1230. The van der Waals surface area contributed by atoms with Crippen molar-refractivity contribution >= 4 is 23.8 Å². The number of aromatic nitrogens is 3. The standard InChI is InChI=1S/C24H22N4OS/c1-17-8-7-11-19(16-17)23-26-27-24(30)28(23)15-14-22(29)25-21-13-6-5-12-20(21)18-9-3-2-4-10-18/h2-13,16H,14-15H2,1H3,(H,25,29)(H,27,30). The van der Waals surface area contributed by atoms with E-state index in [9.17, 15) is 4.79 Å². The van der Waals surface area contributed by atoms with Gasteiger partial charge in [0, 0.05) is 29.8 Å². The summed E-state index contributed by atoms with van der Waals surface area (Å²) in [5.41, 5.74) is 4.96. The molecule has 6 heteroatoms. The number of nitrogens with one attached hydrogen (secondary N) is 2. The molecule has 3 aromatic carbocycles. The largest absolute Gasteiger partial charge is 0.325 e. The van der Waals surface area contributed by atoms with E-state index in [0.717, 1.165) is 33.8 Å².